The van der Waals surface area contributed by atoms with Gasteiger partial charge in [0, 0.05) is 6.42 Å². The van der Waals surface area contributed by atoms with Gasteiger partial charge in [0.15, 0.2) is 5.78 Å². The van der Waals surface area contributed by atoms with Gasteiger partial charge >= 0.3 is 0 Å². The molecule has 0 aromatic rings. The van der Waals surface area contributed by atoms with Crippen molar-refractivity contribution in [1.29, 1.82) is 0 Å². The number of carbonyl (C=O) groups excluding carboxylic acids is 1. The maximum absolute atomic E-state index is 11.2. The van der Waals surface area contributed by atoms with Crippen LogP contribution >= 0.6 is 0 Å². The number of unbranched alkanes of at least 4 members (excludes halogenated alkanes) is 8. The van der Waals surface area contributed by atoms with Gasteiger partial charge < -0.3 is 5.11 Å². The van der Waals surface area contributed by atoms with Crippen molar-refractivity contribution in [3.8, 4) is 0 Å². The lowest BCUT2D eigenvalue weighted by molar-refractivity contribution is -0.126. The van der Waals surface area contributed by atoms with Crippen LogP contribution in [0.5, 0.6) is 0 Å². The second-order valence-electron chi connectivity index (χ2n) is 6.12. The van der Waals surface area contributed by atoms with Crippen LogP contribution < -0.4 is 0 Å². The lowest BCUT2D eigenvalue weighted by Gasteiger charge is -2.03. The van der Waals surface area contributed by atoms with E-state index >= 15 is 0 Å². The largest absolute Gasteiger partial charge is 0.386 e. The first-order chi connectivity index (χ1) is 10.7. The Bertz CT molecular complexity index is 303. The topological polar surface area (TPSA) is 37.3 Å². The maximum Gasteiger partial charge on any atom is 0.160 e. The van der Waals surface area contributed by atoms with Crippen molar-refractivity contribution < 1.29 is 9.90 Å². The first kappa shape index (κ1) is 21.1. The molecular formula is C20H36O2. The first-order valence-corrected chi connectivity index (χ1v) is 9.19. The van der Waals surface area contributed by atoms with E-state index in [0.29, 0.717) is 6.42 Å². The van der Waals surface area contributed by atoms with E-state index in [0.717, 1.165) is 25.7 Å². The predicted molar refractivity (Wildman–Crippen MR) is 96.0 cm³/mol. The van der Waals surface area contributed by atoms with Crippen LogP contribution in [0.3, 0.4) is 0 Å². The van der Waals surface area contributed by atoms with Crippen molar-refractivity contribution in [2.45, 2.75) is 97.0 Å². The van der Waals surface area contributed by atoms with E-state index in [1.165, 1.54) is 44.9 Å². The molecule has 2 heteroatoms. The Morgan fingerprint density at radius 1 is 0.864 bits per heavy atom. The summed E-state index contributed by atoms with van der Waals surface area (Å²) in [4.78, 5) is 11.2. The minimum absolute atomic E-state index is 0.0225. The molecule has 0 saturated heterocycles. The molecule has 0 spiro atoms. The third kappa shape index (κ3) is 15.5. The number of hydrogen-bond acceptors (Lipinski definition) is 2. The van der Waals surface area contributed by atoms with Gasteiger partial charge in [-0.05, 0) is 45.4 Å². The third-order valence-corrected chi connectivity index (χ3v) is 3.84. The molecule has 128 valence electrons. The molecule has 1 atom stereocenters. The van der Waals surface area contributed by atoms with E-state index < -0.39 is 6.10 Å². The predicted octanol–water partition coefficient (Wildman–Crippen LogP) is 5.75. The Hall–Kier alpha value is -0.890. The second-order valence-corrected chi connectivity index (χ2v) is 6.12. The van der Waals surface area contributed by atoms with E-state index in [1.54, 1.807) is 6.92 Å². The molecule has 0 aliphatic heterocycles. The molecule has 1 unspecified atom stereocenters. The Labute approximate surface area is 137 Å². The fourth-order valence-corrected chi connectivity index (χ4v) is 2.32. The summed E-state index contributed by atoms with van der Waals surface area (Å²) in [6, 6.07) is 0. The van der Waals surface area contributed by atoms with E-state index in [9.17, 15) is 4.79 Å². The number of aliphatic hydroxyl groups is 1. The van der Waals surface area contributed by atoms with Gasteiger partial charge in [-0.1, -0.05) is 63.3 Å². The highest BCUT2D eigenvalue weighted by molar-refractivity contribution is 5.82. The van der Waals surface area contributed by atoms with Gasteiger partial charge in [0.25, 0.3) is 0 Å². The molecule has 0 saturated carbocycles. The van der Waals surface area contributed by atoms with Crippen LogP contribution in [0.4, 0.5) is 0 Å². The second kappa shape index (κ2) is 16.5. The third-order valence-electron chi connectivity index (χ3n) is 3.84. The lowest BCUT2D eigenvalue weighted by Crippen LogP contribution is -2.15. The van der Waals surface area contributed by atoms with Crippen LogP contribution in [-0.4, -0.2) is 17.0 Å². The number of ketones is 1. The SMILES string of the molecule is CCCCC/C=C\C/C=C\CCCCCCCC(=O)C(C)O. The zero-order valence-corrected chi connectivity index (χ0v) is 14.7. The molecule has 0 amide bonds. The molecule has 2 nitrogen and oxygen atoms in total. The zero-order valence-electron chi connectivity index (χ0n) is 14.7. The molecule has 0 aromatic heterocycles. The van der Waals surface area contributed by atoms with Crippen LogP contribution in [0.2, 0.25) is 0 Å². The Morgan fingerprint density at radius 2 is 1.41 bits per heavy atom. The zero-order chi connectivity index (χ0) is 16.5. The molecule has 0 aromatic carbocycles. The van der Waals surface area contributed by atoms with Gasteiger partial charge in [0.05, 0.1) is 0 Å². The Balaban J connectivity index is 3.25. The molecule has 22 heavy (non-hydrogen) atoms. The lowest BCUT2D eigenvalue weighted by atomic mass is 10.1. The van der Waals surface area contributed by atoms with E-state index in [2.05, 4.69) is 31.2 Å². The van der Waals surface area contributed by atoms with Crippen molar-refractivity contribution >= 4 is 5.78 Å². The Kier molecular flexibility index (Phi) is 15.8. The van der Waals surface area contributed by atoms with E-state index in [-0.39, 0.29) is 5.78 Å². The molecule has 0 aliphatic carbocycles. The molecule has 0 fully saturated rings. The fourth-order valence-electron chi connectivity index (χ4n) is 2.32. The summed E-state index contributed by atoms with van der Waals surface area (Å²) in [6.07, 6.45) is 21.9. The molecule has 0 bridgehead atoms. The minimum Gasteiger partial charge on any atom is -0.386 e. The van der Waals surface area contributed by atoms with Gasteiger partial charge in [-0.3, -0.25) is 4.79 Å². The molecule has 1 N–H and O–H groups in total. The average Bonchev–Trinajstić information content (AvgIpc) is 2.50. The van der Waals surface area contributed by atoms with Crippen molar-refractivity contribution in [2.75, 3.05) is 0 Å². The average molecular weight is 309 g/mol. The monoisotopic (exact) mass is 308 g/mol. The number of Topliss-reactive ketones (excluding diaryl/α,β-unsaturated/α-hetero) is 1. The van der Waals surface area contributed by atoms with Crippen molar-refractivity contribution in [3.05, 3.63) is 24.3 Å². The molecule has 0 rings (SSSR count). The molecule has 0 radical (unpaired) electrons. The van der Waals surface area contributed by atoms with Gasteiger partial charge in [0.1, 0.15) is 6.10 Å². The van der Waals surface area contributed by atoms with E-state index in [1.807, 2.05) is 0 Å². The van der Waals surface area contributed by atoms with Crippen LogP contribution in [-0.2, 0) is 4.79 Å². The molecular weight excluding hydrogens is 272 g/mol. The van der Waals surface area contributed by atoms with E-state index in [4.69, 9.17) is 5.11 Å². The normalized spacial score (nSPS) is 13.2. The van der Waals surface area contributed by atoms with Crippen molar-refractivity contribution in [2.24, 2.45) is 0 Å². The number of allylic oxidation sites excluding steroid dienone is 4. The highest BCUT2D eigenvalue weighted by Gasteiger charge is 2.07. The summed E-state index contributed by atoms with van der Waals surface area (Å²) >= 11 is 0. The highest BCUT2D eigenvalue weighted by Crippen LogP contribution is 2.09. The maximum atomic E-state index is 11.2. The smallest absolute Gasteiger partial charge is 0.160 e. The number of aliphatic hydroxyl groups excluding tert-OH is 1. The van der Waals surface area contributed by atoms with Crippen LogP contribution in [0, 0.1) is 0 Å². The summed E-state index contributed by atoms with van der Waals surface area (Å²) < 4.78 is 0. The van der Waals surface area contributed by atoms with Crippen molar-refractivity contribution in [1.82, 2.24) is 0 Å². The number of carbonyl (C=O) groups is 1. The standard InChI is InChI=1S/C20H36O2/c1-3-4-5-6-7-8-9-10-11-12-13-14-15-16-17-18-20(22)19(2)21/h7-8,10-11,19,21H,3-6,9,12-18H2,1-2H3/b8-7-,11-10-. The number of hydrogen-bond donors (Lipinski definition) is 1. The number of rotatable bonds is 15. The van der Waals surface area contributed by atoms with Gasteiger partial charge in [-0.25, -0.2) is 0 Å². The van der Waals surface area contributed by atoms with Gasteiger partial charge in [-0.2, -0.15) is 0 Å². The van der Waals surface area contributed by atoms with Crippen LogP contribution in [0.25, 0.3) is 0 Å². The quantitative estimate of drug-likeness (QED) is 0.309. The van der Waals surface area contributed by atoms with Crippen LogP contribution in [0.1, 0.15) is 90.9 Å². The highest BCUT2D eigenvalue weighted by atomic mass is 16.3. The summed E-state index contributed by atoms with van der Waals surface area (Å²) in [5.74, 6) is -0.0225. The first-order valence-electron chi connectivity index (χ1n) is 9.19. The fraction of sp³-hybridized carbons (Fsp3) is 0.750. The minimum atomic E-state index is -0.786. The van der Waals surface area contributed by atoms with Gasteiger partial charge in [-0.15, -0.1) is 0 Å². The molecule has 0 aliphatic rings. The van der Waals surface area contributed by atoms with Crippen molar-refractivity contribution in [3.63, 3.8) is 0 Å². The summed E-state index contributed by atoms with van der Waals surface area (Å²) in [5, 5.41) is 9.07. The summed E-state index contributed by atoms with van der Waals surface area (Å²) in [5.41, 5.74) is 0. The molecule has 0 heterocycles. The van der Waals surface area contributed by atoms with Gasteiger partial charge in [0.2, 0.25) is 0 Å². The summed E-state index contributed by atoms with van der Waals surface area (Å²) in [7, 11) is 0. The Morgan fingerprint density at radius 3 is 2.00 bits per heavy atom. The van der Waals surface area contributed by atoms with Crippen LogP contribution in [0.15, 0.2) is 24.3 Å². The summed E-state index contributed by atoms with van der Waals surface area (Å²) in [6.45, 7) is 3.79.